The van der Waals surface area contributed by atoms with Crippen molar-refractivity contribution in [2.75, 3.05) is 0 Å². The van der Waals surface area contributed by atoms with E-state index in [4.69, 9.17) is 4.74 Å². The third-order valence-corrected chi connectivity index (χ3v) is 2.34. The SMILES string of the molecule is CC(=O)OCc1cnc(C(C)=O)s1. The molecule has 0 aliphatic heterocycles. The van der Waals surface area contributed by atoms with Gasteiger partial charge in [-0.1, -0.05) is 0 Å². The number of thiazole rings is 1. The zero-order valence-corrected chi connectivity index (χ0v) is 8.18. The van der Waals surface area contributed by atoms with Crippen LogP contribution in [0.15, 0.2) is 6.20 Å². The van der Waals surface area contributed by atoms with Crippen LogP contribution in [0, 0.1) is 0 Å². The molecule has 0 fully saturated rings. The van der Waals surface area contributed by atoms with Gasteiger partial charge in [0.1, 0.15) is 6.61 Å². The van der Waals surface area contributed by atoms with Gasteiger partial charge in [-0.05, 0) is 0 Å². The first-order valence-electron chi connectivity index (χ1n) is 3.68. The molecule has 4 nitrogen and oxygen atoms in total. The second-order valence-corrected chi connectivity index (χ2v) is 3.58. The van der Waals surface area contributed by atoms with E-state index in [1.165, 1.54) is 25.2 Å². The van der Waals surface area contributed by atoms with Crippen molar-refractivity contribution < 1.29 is 14.3 Å². The van der Waals surface area contributed by atoms with Crippen molar-refractivity contribution in [1.29, 1.82) is 0 Å². The second-order valence-electron chi connectivity index (χ2n) is 2.47. The summed E-state index contributed by atoms with van der Waals surface area (Å²) < 4.78 is 4.74. The number of ketones is 1. The third-order valence-electron chi connectivity index (χ3n) is 1.27. The fourth-order valence-electron chi connectivity index (χ4n) is 0.710. The molecular weight excluding hydrogens is 190 g/mol. The van der Waals surface area contributed by atoms with Crippen LogP contribution in [0.1, 0.15) is 28.5 Å². The topological polar surface area (TPSA) is 56.3 Å². The number of carbonyl (C=O) groups is 2. The van der Waals surface area contributed by atoms with E-state index >= 15 is 0 Å². The lowest BCUT2D eigenvalue weighted by Gasteiger charge is -1.95. The standard InChI is InChI=1S/C8H9NO3S/c1-5(10)8-9-3-7(13-8)4-12-6(2)11/h3H,4H2,1-2H3. The molecule has 0 amide bonds. The van der Waals surface area contributed by atoms with E-state index < -0.39 is 0 Å². The quantitative estimate of drug-likeness (QED) is 0.545. The van der Waals surface area contributed by atoms with Crippen LogP contribution in [-0.4, -0.2) is 16.7 Å². The Morgan fingerprint density at radius 2 is 2.23 bits per heavy atom. The van der Waals surface area contributed by atoms with Gasteiger partial charge in [-0.2, -0.15) is 0 Å². The van der Waals surface area contributed by atoms with E-state index in [1.54, 1.807) is 6.20 Å². The average molecular weight is 199 g/mol. The predicted octanol–water partition coefficient (Wildman–Crippen LogP) is 1.41. The first kappa shape index (κ1) is 9.85. The van der Waals surface area contributed by atoms with Gasteiger partial charge in [-0.25, -0.2) is 4.98 Å². The maximum Gasteiger partial charge on any atom is 0.302 e. The van der Waals surface area contributed by atoms with Gasteiger partial charge in [-0.3, -0.25) is 9.59 Å². The number of ether oxygens (including phenoxy) is 1. The van der Waals surface area contributed by atoms with Crippen molar-refractivity contribution in [3.63, 3.8) is 0 Å². The smallest absolute Gasteiger partial charge is 0.302 e. The van der Waals surface area contributed by atoms with Crippen molar-refractivity contribution in [1.82, 2.24) is 4.98 Å². The Labute approximate surface area is 79.6 Å². The molecule has 0 aromatic carbocycles. The Kier molecular flexibility index (Phi) is 3.13. The number of hydrogen-bond donors (Lipinski definition) is 0. The number of Topliss-reactive ketones (excluding diaryl/α,β-unsaturated/α-hetero) is 1. The number of aromatic nitrogens is 1. The van der Waals surface area contributed by atoms with E-state index in [9.17, 15) is 9.59 Å². The molecule has 0 N–H and O–H groups in total. The molecule has 70 valence electrons. The predicted molar refractivity (Wildman–Crippen MR) is 47.6 cm³/mol. The molecule has 0 atom stereocenters. The number of esters is 1. The molecule has 0 saturated heterocycles. The van der Waals surface area contributed by atoms with Gasteiger partial charge in [0.2, 0.25) is 0 Å². The molecule has 0 radical (unpaired) electrons. The molecule has 0 aliphatic rings. The Hall–Kier alpha value is -1.23. The van der Waals surface area contributed by atoms with Gasteiger partial charge in [-0.15, -0.1) is 11.3 Å². The summed E-state index contributed by atoms with van der Waals surface area (Å²) >= 11 is 1.25. The fraction of sp³-hybridized carbons (Fsp3) is 0.375. The number of hydrogen-bond acceptors (Lipinski definition) is 5. The largest absolute Gasteiger partial charge is 0.460 e. The zero-order valence-electron chi connectivity index (χ0n) is 7.36. The summed E-state index contributed by atoms with van der Waals surface area (Å²) in [6, 6.07) is 0. The highest BCUT2D eigenvalue weighted by molar-refractivity contribution is 7.13. The van der Waals surface area contributed by atoms with Crippen LogP contribution in [0.4, 0.5) is 0 Å². The van der Waals surface area contributed by atoms with Crippen LogP contribution < -0.4 is 0 Å². The minimum Gasteiger partial charge on any atom is -0.460 e. The molecule has 0 saturated carbocycles. The molecule has 1 aromatic rings. The molecule has 0 aliphatic carbocycles. The summed E-state index contributed by atoms with van der Waals surface area (Å²) in [6.07, 6.45) is 1.55. The summed E-state index contributed by atoms with van der Waals surface area (Å²) in [5.41, 5.74) is 0. The maximum atomic E-state index is 10.8. The van der Waals surface area contributed by atoms with Crippen molar-refractivity contribution in [2.24, 2.45) is 0 Å². The molecule has 0 spiro atoms. The lowest BCUT2D eigenvalue weighted by atomic mass is 10.5. The Morgan fingerprint density at radius 3 is 2.69 bits per heavy atom. The highest BCUT2D eigenvalue weighted by atomic mass is 32.1. The van der Waals surface area contributed by atoms with Crippen LogP contribution >= 0.6 is 11.3 Å². The summed E-state index contributed by atoms with van der Waals surface area (Å²) in [6.45, 7) is 2.99. The molecule has 1 rings (SSSR count). The molecular formula is C8H9NO3S. The minimum absolute atomic E-state index is 0.0703. The van der Waals surface area contributed by atoms with Crippen LogP contribution in [0.2, 0.25) is 0 Å². The Bertz CT molecular complexity index is 332. The van der Waals surface area contributed by atoms with Gasteiger partial charge in [0.25, 0.3) is 0 Å². The Balaban J connectivity index is 2.59. The highest BCUT2D eigenvalue weighted by Crippen LogP contribution is 2.14. The maximum absolute atomic E-state index is 10.8. The zero-order chi connectivity index (χ0) is 9.84. The van der Waals surface area contributed by atoms with Gasteiger partial charge < -0.3 is 4.74 Å². The van der Waals surface area contributed by atoms with E-state index in [0.717, 1.165) is 4.88 Å². The summed E-state index contributed by atoms with van der Waals surface area (Å²) in [7, 11) is 0. The van der Waals surface area contributed by atoms with Crippen molar-refractivity contribution in [3.05, 3.63) is 16.1 Å². The second kappa shape index (κ2) is 4.13. The minimum atomic E-state index is -0.335. The van der Waals surface area contributed by atoms with Gasteiger partial charge in [0.15, 0.2) is 10.8 Å². The molecule has 0 bridgehead atoms. The molecule has 1 heterocycles. The average Bonchev–Trinajstić information content (AvgIpc) is 2.48. The third kappa shape index (κ3) is 2.95. The first-order valence-corrected chi connectivity index (χ1v) is 4.50. The van der Waals surface area contributed by atoms with Crippen molar-refractivity contribution >= 4 is 23.1 Å². The summed E-state index contributed by atoms with van der Waals surface area (Å²) in [4.78, 5) is 25.9. The molecule has 5 heteroatoms. The highest BCUT2D eigenvalue weighted by Gasteiger charge is 2.06. The number of rotatable bonds is 3. The number of carbonyl (C=O) groups excluding carboxylic acids is 2. The van der Waals surface area contributed by atoms with Crippen LogP contribution in [0.25, 0.3) is 0 Å². The van der Waals surface area contributed by atoms with Gasteiger partial charge >= 0.3 is 5.97 Å². The number of nitrogens with zero attached hydrogens (tertiary/aromatic N) is 1. The van der Waals surface area contributed by atoms with Crippen LogP contribution in [0.5, 0.6) is 0 Å². The van der Waals surface area contributed by atoms with E-state index in [2.05, 4.69) is 4.98 Å². The Morgan fingerprint density at radius 1 is 1.54 bits per heavy atom. The molecule has 13 heavy (non-hydrogen) atoms. The van der Waals surface area contributed by atoms with Crippen molar-refractivity contribution in [2.45, 2.75) is 20.5 Å². The fourth-order valence-corrected chi connectivity index (χ4v) is 1.43. The van der Waals surface area contributed by atoms with Gasteiger partial charge in [0.05, 0.1) is 4.88 Å². The van der Waals surface area contributed by atoms with E-state index in [1.807, 2.05) is 0 Å². The van der Waals surface area contributed by atoms with Gasteiger partial charge in [0, 0.05) is 20.0 Å². The summed E-state index contributed by atoms with van der Waals surface area (Å²) in [5.74, 6) is -0.406. The monoisotopic (exact) mass is 199 g/mol. The van der Waals surface area contributed by atoms with Crippen LogP contribution in [0.3, 0.4) is 0 Å². The lowest BCUT2D eigenvalue weighted by Crippen LogP contribution is -1.96. The van der Waals surface area contributed by atoms with Crippen molar-refractivity contribution in [3.8, 4) is 0 Å². The molecule has 0 unspecified atom stereocenters. The normalized spacial score (nSPS) is 9.69. The molecule has 1 aromatic heterocycles. The first-order chi connectivity index (χ1) is 6.09. The van der Waals surface area contributed by atoms with E-state index in [-0.39, 0.29) is 18.4 Å². The lowest BCUT2D eigenvalue weighted by molar-refractivity contribution is -0.142. The van der Waals surface area contributed by atoms with Crippen LogP contribution in [-0.2, 0) is 16.1 Å². The summed E-state index contributed by atoms with van der Waals surface area (Å²) in [5, 5.41) is 0.446. The van der Waals surface area contributed by atoms with E-state index in [0.29, 0.717) is 5.01 Å².